The summed E-state index contributed by atoms with van der Waals surface area (Å²) in [6, 6.07) is 7.32. The highest BCUT2D eigenvalue weighted by atomic mass is 35.5. The topological polar surface area (TPSA) is 68.0 Å². The van der Waals surface area contributed by atoms with Crippen LogP contribution in [-0.4, -0.2) is 28.1 Å². The number of amides is 1. The minimum absolute atomic E-state index is 0.0953. The van der Waals surface area contributed by atoms with E-state index in [1.165, 1.54) is 11.8 Å². The van der Waals surface area contributed by atoms with Gasteiger partial charge in [-0.05, 0) is 30.9 Å². The third kappa shape index (κ3) is 5.23. The Balaban J connectivity index is 1.82. The zero-order valence-corrected chi connectivity index (χ0v) is 14.6. The fourth-order valence-corrected chi connectivity index (χ4v) is 2.90. The van der Waals surface area contributed by atoms with Crippen LogP contribution < -0.4 is 5.32 Å². The van der Waals surface area contributed by atoms with Crippen molar-refractivity contribution >= 4 is 41.0 Å². The monoisotopic (exact) mass is 357 g/mol. The first-order chi connectivity index (χ1) is 10.6. The third-order valence-electron chi connectivity index (χ3n) is 2.77. The number of halogens is 1. The summed E-state index contributed by atoms with van der Waals surface area (Å²) in [7, 11) is 0. The van der Waals surface area contributed by atoms with E-state index >= 15 is 0 Å². The largest absolute Gasteiger partial charge is 0.415 e. The summed E-state index contributed by atoms with van der Waals surface area (Å²) in [5, 5.41) is 11.8. The van der Waals surface area contributed by atoms with Crippen LogP contribution in [0.3, 0.4) is 0 Å². The summed E-state index contributed by atoms with van der Waals surface area (Å²) in [5.74, 6) is 1.38. The van der Waals surface area contributed by atoms with Crippen molar-refractivity contribution in [2.75, 3.05) is 12.0 Å². The summed E-state index contributed by atoms with van der Waals surface area (Å²) < 4.78 is 5.40. The molecule has 1 aromatic heterocycles. The van der Waals surface area contributed by atoms with Crippen LogP contribution in [0, 0.1) is 0 Å². The number of carbonyl (C=O) groups excluding carboxylic acids is 1. The van der Waals surface area contributed by atoms with Crippen LogP contribution in [0.2, 0.25) is 5.02 Å². The molecule has 0 aliphatic heterocycles. The number of hydrogen-bond acceptors (Lipinski definition) is 6. The van der Waals surface area contributed by atoms with Crippen LogP contribution >= 0.6 is 35.1 Å². The van der Waals surface area contributed by atoms with Gasteiger partial charge in [0.05, 0.1) is 17.5 Å². The molecule has 8 heteroatoms. The SMILES string of the molecule is CSCc1nnc(SCC(=O)NC(C)c2cccc(Cl)c2)o1. The summed E-state index contributed by atoms with van der Waals surface area (Å²) in [4.78, 5) is 12.0. The number of nitrogens with zero attached hydrogens (tertiary/aromatic N) is 2. The maximum Gasteiger partial charge on any atom is 0.277 e. The Bertz CT molecular complexity index is 636. The van der Waals surface area contributed by atoms with Crippen molar-refractivity contribution < 1.29 is 9.21 Å². The van der Waals surface area contributed by atoms with E-state index in [1.807, 2.05) is 31.4 Å². The van der Waals surface area contributed by atoms with Gasteiger partial charge >= 0.3 is 0 Å². The molecule has 2 rings (SSSR count). The molecule has 0 bridgehead atoms. The standard InChI is InChI=1S/C14H16ClN3O2S2/c1-9(10-4-3-5-11(15)6-10)16-12(19)7-22-14-18-17-13(20-14)8-21-2/h3-6,9H,7-8H2,1-2H3,(H,16,19). The maximum absolute atomic E-state index is 12.0. The van der Waals surface area contributed by atoms with Crippen molar-refractivity contribution in [3.8, 4) is 0 Å². The van der Waals surface area contributed by atoms with Crippen molar-refractivity contribution in [1.82, 2.24) is 15.5 Å². The molecule has 1 heterocycles. The van der Waals surface area contributed by atoms with Crippen LogP contribution in [0.4, 0.5) is 0 Å². The zero-order valence-electron chi connectivity index (χ0n) is 12.2. The first kappa shape index (κ1) is 17.2. The lowest BCUT2D eigenvalue weighted by Gasteiger charge is -2.14. The molecule has 2 aromatic rings. The molecule has 1 N–H and O–H groups in total. The molecule has 0 saturated carbocycles. The van der Waals surface area contributed by atoms with E-state index in [2.05, 4.69) is 15.5 Å². The van der Waals surface area contributed by atoms with Gasteiger partial charge in [-0.2, -0.15) is 11.8 Å². The highest BCUT2D eigenvalue weighted by molar-refractivity contribution is 7.99. The van der Waals surface area contributed by atoms with Gasteiger partial charge in [0.2, 0.25) is 11.8 Å². The van der Waals surface area contributed by atoms with Crippen LogP contribution in [-0.2, 0) is 10.5 Å². The smallest absolute Gasteiger partial charge is 0.277 e. The lowest BCUT2D eigenvalue weighted by Crippen LogP contribution is -2.28. The Kier molecular flexibility index (Phi) is 6.60. The summed E-state index contributed by atoms with van der Waals surface area (Å²) in [5.41, 5.74) is 0.964. The molecule has 22 heavy (non-hydrogen) atoms. The summed E-state index contributed by atoms with van der Waals surface area (Å²) in [6.45, 7) is 1.91. The molecule has 0 radical (unpaired) electrons. The molecule has 1 aromatic carbocycles. The average molecular weight is 358 g/mol. The molecule has 0 fully saturated rings. The molecule has 0 aliphatic carbocycles. The van der Waals surface area contributed by atoms with Crippen molar-refractivity contribution in [1.29, 1.82) is 0 Å². The average Bonchev–Trinajstić information content (AvgIpc) is 2.93. The third-order valence-corrected chi connectivity index (χ3v) is 4.36. The van der Waals surface area contributed by atoms with Crippen molar-refractivity contribution in [2.45, 2.75) is 23.9 Å². The van der Waals surface area contributed by atoms with Gasteiger partial charge in [0.15, 0.2) is 0 Å². The minimum atomic E-state index is -0.110. The van der Waals surface area contributed by atoms with E-state index in [-0.39, 0.29) is 17.7 Å². The first-order valence-corrected chi connectivity index (χ1v) is 9.33. The highest BCUT2D eigenvalue weighted by Gasteiger charge is 2.12. The molecule has 1 amide bonds. The number of thioether (sulfide) groups is 2. The van der Waals surface area contributed by atoms with Gasteiger partial charge in [0, 0.05) is 5.02 Å². The van der Waals surface area contributed by atoms with Crippen LogP contribution in [0.15, 0.2) is 33.9 Å². The minimum Gasteiger partial charge on any atom is -0.415 e. The van der Waals surface area contributed by atoms with E-state index in [0.29, 0.717) is 21.9 Å². The number of aromatic nitrogens is 2. The number of hydrogen-bond donors (Lipinski definition) is 1. The van der Waals surface area contributed by atoms with Crippen molar-refractivity contribution in [3.63, 3.8) is 0 Å². The van der Waals surface area contributed by atoms with Gasteiger partial charge in [0.1, 0.15) is 0 Å². The van der Waals surface area contributed by atoms with Gasteiger partial charge < -0.3 is 9.73 Å². The van der Waals surface area contributed by atoms with Gasteiger partial charge in [-0.25, -0.2) is 0 Å². The second-order valence-corrected chi connectivity index (χ2v) is 6.76. The zero-order chi connectivity index (χ0) is 15.9. The second-order valence-electron chi connectivity index (χ2n) is 4.53. The molecule has 118 valence electrons. The van der Waals surface area contributed by atoms with E-state index in [0.717, 1.165) is 5.56 Å². The van der Waals surface area contributed by atoms with E-state index in [9.17, 15) is 4.79 Å². The highest BCUT2D eigenvalue weighted by Crippen LogP contribution is 2.20. The first-order valence-electron chi connectivity index (χ1n) is 6.57. The van der Waals surface area contributed by atoms with Crippen LogP contribution in [0.25, 0.3) is 0 Å². The number of rotatable bonds is 7. The molecule has 0 aliphatic rings. The molecule has 1 atom stereocenters. The van der Waals surface area contributed by atoms with Gasteiger partial charge in [-0.3, -0.25) is 4.79 Å². The van der Waals surface area contributed by atoms with E-state index < -0.39 is 0 Å². The molecule has 1 unspecified atom stereocenters. The van der Waals surface area contributed by atoms with Gasteiger partial charge in [-0.15, -0.1) is 10.2 Å². The Labute approximate surface area is 142 Å². The lowest BCUT2D eigenvalue weighted by molar-refractivity contribution is -0.119. The van der Waals surface area contributed by atoms with E-state index in [4.69, 9.17) is 16.0 Å². The predicted octanol–water partition coefficient (Wildman–Crippen LogP) is 3.56. The quantitative estimate of drug-likeness (QED) is 0.764. The molecule has 5 nitrogen and oxygen atoms in total. The molecular weight excluding hydrogens is 342 g/mol. The van der Waals surface area contributed by atoms with Crippen molar-refractivity contribution in [3.05, 3.63) is 40.7 Å². The van der Waals surface area contributed by atoms with Gasteiger partial charge in [-0.1, -0.05) is 35.5 Å². The Morgan fingerprint density at radius 2 is 2.27 bits per heavy atom. The predicted molar refractivity (Wildman–Crippen MR) is 90.3 cm³/mol. The second kappa shape index (κ2) is 8.45. The Morgan fingerprint density at radius 3 is 3.00 bits per heavy atom. The molecular formula is C14H16ClN3O2S2. The Hall–Kier alpha value is -1.18. The molecule has 0 spiro atoms. The summed E-state index contributed by atoms with van der Waals surface area (Å²) in [6.07, 6.45) is 1.96. The Morgan fingerprint density at radius 1 is 1.45 bits per heavy atom. The van der Waals surface area contributed by atoms with Crippen molar-refractivity contribution in [2.24, 2.45) is 0 Å². The number of benzene rings is 1. The fourth-order valence-electron chi connectivity index (χ4n) is 1.75. The normalized spacial score (nSPS) is 12.1. The number of carbonyl (C=O) groups is 1. The summed E-state index contributed by atoms with van der Waals surface area (Å²) >= 11 is 8.78. The molecule has 0 saturated heterocycles. The van der Waals surface area contributed by atoms with Gasteiger partial charge in [0.25, 0.3) is 5.22 Å². The lowest BCUT2D eigenvalue weighted by atomic mass is 10.1. The fraction of sp³-hybridized carbons (Fsp3) is 0.357. The number of nitrogens with one attached hydrogen (secondary N) is 1. The van der Waals surface area contributed by atoms with Crippen LogP contribution in [0.5, 0.6) is 0 Å². The van der Waals surface area contributed by atoms with Crippen LogP contribution in [0.1, 0.15) is 24.4 Å². The van der Waals surface area contributed by atoms with E-state index in [1.54, 1.807) is 17.8 Å². The maximum atomic E-state index is 12.0.